The average Bonchev–Trinajstić information content (AvgIpc) is 3.34. The number of phenols is 1. The van der Waals surface area contributed by atoms with Crippen molar-refractivity contribution >= 4 is 16.8 Å². The Labute approximate surface area is 182 Å². The van der Waals surface area contributed by atoms with Crippen molar-refractivity contribution in [1.29, 1.82) is 0 Å². The zero-order valence-electron chi connectivity index (χ0n) is 17.2. The lowest BCUT2D eigenvalue weighted by molar-refractivity contribution is -0.134. The number of halogens is 3. The zero-order valence-corrected chi connectivity index (χ0v) is 17.2. The maximum absolute atomic E-state index is 13.1. The molecule has 0 spiro atoms. The van der Waals surface area contributed by atoms with Crippen LogP contribution in [0.2, 0.25) is 0 Å². The summed E-state index contributed by atoms with van der Waals surface area (Å²) in [4.78, 5) is 14.7. The van der Waals surface area contributed by atoms with E-state index in [-0.39, 0.29) is 23.4 Å². The van der Waals surface area contributed by atoms with Crippen molar-refractivity contribution < 1.29 is 27.8 Å². The van der Waals surface area contributed by atoms with Gasteiger partial charge in [-0.2, -0.15) is 18.3 Å². The van der Waals surface area contributed by atoms with Gasteiger partial charge in [0.25, 0.3) is 5.91 Å². The Morgan fingerprint density at radius 1 is 1.22 bits per heavy atom. The molecule has 2 aromatic carbocycles. The van der Waals surface area contributed by atoms with Crippen molar-refractivity contribution in [2.75, 3.05) is 13.2 Å². The Kier molecular flexibility index (Phi) is 5.96. The van der Waals surface area contributed by atoms with E-state index in [1.54, 1.807) is 4.90 Å². The fourth-order valence-electron chi connectivity index (χ4n) is 3.78. The first-order valence-electron chi connectivity index (χ1n) is 10.3. The molecule has 0 atom stereocenters. The van der Waals surface area contributed by atoms with Crippen LogP contribution in [0.1, 0.15) is 40.0 Å². The first-order chi connectivity index (χ1) is 15.2. The molecule has 4 N–H and O–H groups in total. The van der Waals surface area contributed by atoms with Crippen LogP contribution in [0.5, 0.6) is 11.5 Å². The number of rotatable bonds is 7. The number of nitrogens with two attached hydrogens (primary N) is 1. The Morgan fingerprint density at radius 3 is 2.75 bits per heavy atom. The summed E-state index contributed by atoms with van der Waals surface area (Å²) < 4.78 is 43.5. The number of aromatic hydroxyl groups is 1. The lowest BCUT2D eigenvalue weighted by Gasteiger charge is -2.16. The molecule has 1 aromatic heterocycles. The van der Waals surface area contributed by atoms with E-state index in [2.05, 4.69) is 10.2 Å². The molecule has 32 heavy (non-hydrogen) atoms. The van der Waals surface area contributed by atoms with Crippen molar-refractivity contribution in [2.24, 2.45) is 5.73 Å². The molecule has 0 bridgehead atoms. The lowest BCUT2D eigenvalue weighted by Crippen LogP contribution is -2.25. The number of benzene rings is 2. The average molecular weight is 448 g/mol. The minimum Gasteiger partial charge on any atom is -0.507 e. The molecule has 7 nitrogen and oxygen atoms in total. The minimum atomic E-state index is -4.31. The van der Waals surface area contributed by atoms with E-state index in [0.717, 1.165) is 17.5 Å². The highest BCUT2D eigenvalue weighted by atomic mass is 19.4. The molecule has 3 aromatic rings. The van der Waals surface area contributed by atoms with Gasteiger partial charge in [0, 0.05) is 37.4 Å². The van der Waals surface area contributed by atoms with Crippen LogP contribution in [0.4, 0.5) is 13.2 Å². The second-order valence-corrected chi connectivity index (χ2v) is 7.78. The molecule has 10 heteroatoms. The number of aryl methyl sites for hydroxylation is 1. The minimum absolute atomic E-state index is 0.0272. The number of fused-ring (bicyclic) bond motifs is 2. The number of hydrogen-bond donors (Lipinski definition) is 3. The summed E-state index contributed by atoms with van der Waals surface area (Å²) in [6, 6.07) is 8.35. The SMILES string of the molecule is NCCCOc1ccc2c(c1)CN(C(=O)c1cc3c(CCC(F)(F)F)n[nH]c3cc1O)C2. The van der Waals surface area contributed by atoms with Crippen LogP contribution < -0.4 is 10.5 Å². The highest BCUT2D eigenvalue weighted by Gasteiger charge is 2.29. The fourth-order valence-corrected chi connectivity index (χ4v) is 3.78. The van der Waals surface area contributed by atoms with E-state index in [4.69, 9.17) is 10.5 Å². The topological polar surface area (TPSA) is 104 Å². The zero-order chi connectivity index (χ0) is 22.9. The molecule has 4 rings (SSSR count). The van der Waals surface area contributed by atoms with Crippen molar-refractivity contribution in [2.45, 2.75) is 38.5 Å². The number of H-pyrrole nitrogens is 1. The smallest absolute Gasteiger partial charge is 0.389 e. The third-order valence-corrected chi connectivity index (χ3v) is 5.44. The van der Waals surface area contributed by atoms with Gasteiger partial charge in [-0.05, 0) is 42.3 Å². The number of nitrogens with zero attached hydrogens (tertiary/aromatic N) is 2. The molecule has 170 valence electrons. The van der Waals surface area contributed by atoms with Gasteiger partial charge in [-0.1, -0.05) is 6.07 Å². The third kappa shape index (κ3) is 4.64. The first kappa shape index (κ1) is 21.9. The van der Waals surface area contributed by atoms with Crippen molar-refractivity contribution in [3.05, 3.63) is 52.7 Å². The second-order valence-electron chi connectivity index (χ2n) is 7.78. The predicted molar refractivity (Wildman–Crippen MR) is 111 cm³/mol. The quantitative estimate of drug-likeness (QED) is 0.479. The Hall–Kier alpha value is -3.27. The van der Waals surface area contributed by atoms with Crippen LogP contribution in [0.15, 0.2) is 30.3 Å². The molecule has 0 saturated carbocycles. The molecule has 1 aliphatic rings. The first-order valence-corrected chi connectivity index (χ1v) is 10.3. The predicted octanol–water partition coefficient (Wildman–Crippen LogP) is 3.65. The summed E-state index contributed by atoms with van der Waals surface area (Å²) in [5, 5.41) is 17.3. The lowest BCUT2D eigenvalue weighted by atomic mass is 10.1. The summed E-state index contributed by atoms with van der Waals surface area (Å²) >= 11 is 0. The summed E-state index contributed by atoms with van der Waals surface area (Å²) in [5.41, 5.74) is 8.00. The van der Waals surface area contributed by atoms with Gasteiger partial charge in [0.1, 0.15) is 11.5 Å². The maximum atomic E-state index is 13.1. The largest absolute Gasteiger partial charge is 0.507 e. The number of aromatic amines is 1. The molecule has 2 heterocycles. The highest BCUT2D eigenvalue weighted by Crippen LogP contribution is 2.32. The van der Waals surface area contributed by atoms with E-state index >= 15 is 0 Å². The summed E-state index contributed by atoms with van der Waals surface area (Å²) in [5.74, 6) is 0.0351. The number of ether oxygens (including phenoxy) is 1. The van der Waals surface area contributed by atoms with Crippen LogP contribution in [0, 0.1) is 0 Å². The summed E-state index contributed by atoms with van der Waals surface area (Å²) in [7, 11) is 0. The highest BCUT2D eigenvalue weighted by molar-refractivity contribution is 6.01. The third-order valence-electron chi connectivity index (χ3n) is 5.44. The number of amides is 1. The van der Waals surface area contributed by atoms with Gasteiger partial charge < -0.3 is 20.5 Å². The van der Waals surface area contributed by atoms with Crippen molar-refractivity contribution in [3.63, 3.8) is 0 Å². The van der Waals surface area contributed by atoms with Crippen LogP contribution in [0.25, 0.3) is 10.9 Å². The second kappa shape index (κ2) is 8.70. The van der Waals surface area contributed by atoms with E-state index in [0.29, 0.717) is 42.9 Å². The molecule has 0 fully saturated rings. The maximum Gasteiger partial charge on any atom is 0.389 e. The summed E-state index contributed by atoms with van der Waals surface area (Å²) in [6.45, 7) is 1.75. The number of aromatic nitrogens is 2. The van der Waals surface area contributed by atoms with Gasteiger partial charge in [-0.3, -0.25) is 9.89 Å². The van der Waals surface area contributed by atoms with Gasteiger partial charge in [0.15, 0.2) is 0 Å². The van der Waals surface area contributed by atoms with Gasteiger partial charge >= 0.3 is 6.18 Å². The van der Waals surface area contributed by atoms with Gasteiger partial charge in [0.05, 0.1) is 23.4 Å². The fraction of sp³-hybridized carbons (Fsp3) is 0.364. The Balaban J connectivity index is 1.53. The van der Waals surface area contributed by atoms with E-state index < -0.39 is 18.5 Å². The molecule has 1 aliphatic heterocycles. The number of nitrogens with one attached hydrogen (secondary N) is 1. The molecule has 0 saturated heterocycles. The van der Waals surface area contributed by atoms with Crippen LogP contribution >= 0.6 is 0 Å². The van der Waals surface area contributed by atoms with Gasteiger partial charge in [-0.25, -0.2) is 0 Å². The van der Waals surface area contributed by atoms with Crippen molar-refractivity contribution in [1.82, 2.24) is 15.1 Å². The number of phenolic OH excluding ortho intramolecular Hbond substituents is 1. The van der Waals surface area contributed by atoms with E-state index in [9.17, 15) is 23.1 Å². The molecule has 0 aliphatic carbocycles. The van der Waals surface area contributed by atoms with Crippen molar-refractivity contribution in [3.8, 4) is 11.5 Å². The number of hydrogen-bond acceptors (Lipinski definition) is 5. The van der Waals surface area contributed by atoms with Crippen LogP contribution in [-0.4, -0.2) is 45.4 Å². The van der Waals surface area contributed by atoms with Crippen LogP contribution in [0.3, 0.4) is 0 Å². The van der Waals surface area contributed by atoms with E-state index in [1.165, 1.54) is 12.1 Å². The summed E-state index contributed by atoms with van der Waals surface area (Å²) in [6.07, 6.45) is -4.91. The van der Waals surface area contributed by atoms with E-state index in [1.807, 2.05) is 18.2 Å². The number of carbonyl (C=O) groups excluding carboxylic acids is 1. The van der Waals surface area contributed by atoms with Gasteiger partial charge in [-0.15, -0.1) is 0 Å². The Morgan fingerprint density at radius 2 is 2.00 bits per heavy atom. The number of alkyl halides is 3. The standard InChI is InChI=1S/C22H23F3N4O3/c23-22(24,25)5-4-18-16-9-17(20(30)10-19(16)28-27-18)21(31)29-11-13-2-3-15(8-14(13)12-29)32-7-1-6-26/h2-3,8-10,30H,1,4-7,11-12,26H2,(H,27,28). The molecular formula is C22H23F3N4O3. The molecular weight excluding hydrogens is 425 g/mol. The Bertz CT molecular complexity index is 1140. The molecule has 1 amide bonds. The monoisotopic (exact) mass is 448 g/mol. The molecule has 0 radical (unpaired) electrons. The molecule has 0 unspecified atom stereocenters. The van der Waals surface area contributed by atoms with Gasteiger partial charge in [0.2, 0.25) is 0 Å². The normalized spacial score (nSPS) is 13.6. The number of carbonyl (C=O) groups is 1. The van der Waals surface area contributed by atoms with Crippen LogP contribution in [-0.2, 0) is 19.5 Å².